The van der Waals surface area contributed by atoms with Gasteiger partial charge in [-0.1, -0.05) is 68.9 Å². The van der Waals surface area contributed by atoms with Crippen LogP contribution in [0.15, 0.2) is 30.3 Å². The molecule has 0 saturated carbocycles. The topological polar surface area (TPSA) is 37.8 Å². The van der Waals surface area contributed by atoms with Crippen LogP contribution >= 0.6 is 0 Å². The number of aromatic nitrogens is 2. The number of nitrogens with zero attached hydrogens (tertiary/aromatic N) is 2. The highest BCUT2D eigenvalue weighted by Gasteiger charge is 2.04. The molecule has 23 heavy (non-hydrogen) atoms. The summed E-state index contributed by atoms with van der Waals surface area (Å²) in [7, 11) is 0. The van der Waals surface area contributed by atoms with Crippen LogP contribution < -0.4 is 5.32 Å². The number of anilines is 1. The second kappa shape index (κ2) is 9.29. The summed E-state index contributed by atoms with van der Waals surface area (Å²) >= 11 is 0. The standard InChI is InChI=1S/C20H29N3/c1-4-5-6-7-8-9-14-21-19-15-17(3)22-20(23-19)18-12-10-16(2)11-13-18/h10-13,15H,4-9,14H2,1-3H3,(H,21,22,23). The first-order valence-electron chi connectivity index (χ1n) is 8.85. The summed E-state index contributed by atoms with van der Waals surface area (Å²) in [6.45, 7) is 7.35. The second-order valence-corrected chi connectivity index (χ2v) is 6.28. The molecular formula is C20H29N3. The molecule has 0 aliphatic carbocycles. The third kappa shape index (κ3) is 6.01. The summed E-state index contributed by atoms with van der Waals surface area (Å²) in [5.41, 5.74) is 3.32. The average Bonchev–Trinajstić information content (AvgIpc) is 2.54. The fourth-order valence-corrected chi connectivity index (χ4v) is 2.61. The number of rotatable bonds is 9. The van der Waals surface area contributed by atoms with Gasteiger partial charge in [-0.2, -0.15) is 0 Å². The van der Waals surface area contributed by atoms with Crippen molar-refractivity contribution >= 4 is 5.82 Å². The Bertz CT molecular complexity index is 590. The van der Waals surface area contributed by atoms with Crippen molar-refractivity contribution in [1.82, 2.24) is 9.97 Å². The van der Waals surface area contributed by atoms with E-state index in [-0.39, 0.29) is 0 Å². The number of nitrogens with one attached hydrogen (secondary N) is 1. The second-order valence-electron chi connectivity index (χ2n) is 6.28. The molecule has 1 aromatic heterocycles. The van der Waals surface area contributed by atoms with Gasteiger partial charge in [0.05, 0.1) is 0 Å². The molecule has 0 fully saturated rings. The van der Waals surface area contributed by atoms with Gasteiger partial charge in [-0.3, -0.25) is 0 Å². The van der Waals surface area contributed by atoms with Crippen LogP contribution in [-0.2, 0) is 0 Å². The monoisotopic (exact) mass is 311 g/mol. The summed E-state index contributed by atoms with van der Waals surface area (Å²) in [6, 6.07) is 10.4. The number of unbranched alkanes of at least 4 members (excludes halogenated alkanes) is 5. The Kier molecular flexibility index (Phi) is 7.05. The minimum Gasteiger partial charge on any atom is -0.370 e. The molecule has 0 saturated heterocycles. The van der Waals surface area contributed by atoms with Crippen molar-refractivity contribution in [1.29, 1.82) is 0 Å². The molecule has 0 amide bonds. The Morgan fingerprint density at radius 1 is 0.870 bits per heavy atom. The maximum Gasteiger partial charge on any atom is 0.161 e. The van der Waals surface area contributed by atoms with Gasteiger partial charge in [0, 0.05) is 23.9 Å². The Hall–Kier alpha value is -1.90. The minimum absolute atomic E-state index is 0.801. The maximum absolute atomic E-state index is 4.66. The van der Waals surface area contributed by atoms with Crippen LogP contribution in [-0.4, -0.2) is 16.5 Å². The Morgan fingerprint density at radius 2 is 1.57 bits per heavy atom. The minimum atomic E-state index is 0.801. The molecular weight excluding hydrogens is 282 g/mol. The Labute approximate surface area is 140 Å². The molecule has 1 aromatic carbocycles. The van der Waals surface area contributed by atoms with E-state index in [1.165, 1.54) is 44.1 Å². The van der Waals surface area contributed by atoms with Crippen molar-refractivity contribution in [2.24, 2.45) is 0 Å². The lowest BCUT2D eigenvalue weighted by Gasteiger charge is -2.09. The lowest BCUT2D eigenvalue weighted by atomic mass is 10.1. The zero-order valence-corrected chi connectivity index (χ0v) is 14.7. The lowest BCUT2D eigenvalue weighted by molar-refractivity contribution is 0.617. The highest BCUT2D eigenvalue weighted by molar-refractivity contribution is 5.58. The third-order valence-corrected chi connectivity index (χ3v) is 4.00. The van der Waals surface area contributed by atoms with Crippen molar-refractivity contribution < 1.29 is 0 Å². The van der Waals surface area contributed by atoms with Crippen LogP contribution in [0.25, 0.3) is 11.4 Å². The van der Waals surface area contributed by atoms with E-state index in [2.05, 4.69) is 53.4 Å². The predicted molar refractivity (Wildman–Crippen MR) is 98.8 cm³/mol. The molecule has 124 valence electrons. The molecule has 3 nitrogen and oxygen atoms in total. The van der Waals surface area contributed by atoms with Gasteiger partial charge < -0.3 is 5.32 Å². The first-order valence-corrected chi connectivity index (χ1v) is 8.85. The summed E-state index contributed by atoms with van der Waals surface area (Å²) in [4.78, 5) is 9.22. The van der Waals surface area contributed by atoms with Crippen molar-refractivity contribution in [3.05, 3.63) is 41.6 Å². The van der Waals surface area contributed by atoms with Crippen LogP contribution in [0.3, 0.4) is 0 Å². The number of hydrogen-bond donors (Lipinski definition) is 1. The third-order valence-electron chi connectivity index (χ3n) is 4.00. The van der Waals surface area contributed by atoms with Crippen LogP contribution in [0.5, 0.6) is 0 Å². The van der Waals surface area contributed by atoms with Gasteiger partial charge >= 0.3 is 0 Å². The van der Waals surface area contributed by atoms with Gasteiger partial charge in [-0.05, 0) is 20.3 Å². The van der Waals surface area contributed by atoms with E-state index in [4.69, 9.17) is 0 Å². The van der Waals surface area contributed by atoms with Crippen molar-refractivity contribution in [3.8, 4) is 11.4 Å². The van der Waals surface area contributed by atoms with Crippen LogP contribution in [0, 0.1) is 13.8 Å². The van der Waals surface area contributed by atoms with Crippen molar-refractivity contribution in [2.75, 3.05) is 11.9 Å². The van der Waals surface area contributed by atoms with Crippen molar-refractivity contribution in [2.45, 2.75) is 59.3 Å². The summed E-state index contributed by atoms with van der Waals surface area (Å²) in [5, 5.41) is 3.45. The molecule has 3 heteroatoms. The summed E-state index contributed by atoms with van der Waals surface area (Å²) in [5.74, 6) is 1.73. The number of benzene rings is 1. The van der Waals surface area contributed by atoms with Gasteiger partial charge in [0.25, 0.3) is 0 Å². The van der Waals surface area contributed by atoms with Gasteiger partial charge in [-0.15, -0.1) is 0 Å². The molecule has 2 rings (SSSR count). The molecule has 0 bridgehead atoms. The fourth-order valence-electron chi connectivity index (χ4n) is 2.61. The molecule has 0 radical (unpaired) electrons. The Balaban J connectivity index is 1.89. The first-order chi connectivity index (χ1) is 11.2. The van der Waals surface area contributed by atoms with E-state index >= 15 is 0 Å². The molecule has 0 aliphatic rings. The highest BCUT2D eigenvalue weighted by atomic mass is 15.0. The van der Waals surface area contributed by atoms with E-state index < -0.39 is 0 Å². The van der Waals surface area contributed by atoms with E-state index in [1.807, 2.05) is 13.0 Å². The largest absolute Gasteiger partial charge is 0.370 e. The number of aryl methyl sites for hydroxylation is 2. The molecule has 0 spiro atoms. The van der Waals surface area contributed by atoms with Crippen LogP contribution in [0.2, 0.25) is 0 Å². The molecule has 2 aromatic rings. The maximum atomic E-state index is 4.66. The van der Waals surface area contributed by atoms with Gasteiger partial charge in [-0.25, -0.2) is 9.97 Å². The van der Waals surface area contributed by atoms with Gasteiger partial charge in [0.15, 0.2) is 5.82 Å². The summed E-state index contributed by atoms with van der Waals surface area (Å²) in [6.07, 6.45) is 7.86. The van der Waals surface area contributed by atoms with Gasteiger partial charge in [0.1, 0.15) is 5.82 Å². The predicted octanol–water partition coefficient (Wildman–Crippen LogP) is 5.53. The zero-order chi connectivity index (χ0) is 16.5. The molecule has 0 aliphatic heterocycles. The molecule has 0 unspecified atom stereocenters. The SMILES string of the molecule is CCCCCCCCNc1cc(C)nc(-c2ccc(C)cc2)n1. The average molecular weight is 311 g/mol. The first kappa shape index (κ1) is 17.5. The van der Waals surface area contributed by atoms with Crippen LogP contribution in [0.4, 0.5) is 5.82 Å². The molecule has 1 N–H and O–H groups in total. The van der Waals surface area contributed by atoms with E-state index in [0.717, 1.165) is 29.4 Å². The molecule has 0 atom stereocenters. The van der Waals surface area contributed by atoms with Gasteiger partial charge in [0.2, 0.25) is 0 Å². The summed E-state index contributed by atoms with van der Waals surface area (Å²) < 4.78 is 0. The molecule has 1 heterocycles. The Morgan fingerprint density at radius 3 is 2.30 bits per heavy atom. The highest BCUT2D eigenvalue weighted by Crippen LogP contribution is 2.18. The van der Waals surface area contributed by atoms with Crippen LogP contribution in [0.1, 0.15) is 56.7 Å². The van der Waals surface area contributed by atoms with E-state index in [0.29, 0.717) is 0 Å². The fraction of sp³-hybridized carbons (Fsp3) is 0.500. The quantitative estimate of drug-likeness (QED) is 0.618. The van der Waals surface area contributed by atoms with E-state index in [1.54, 1.807) is 0 Å². The lowest BCUT2D eigenvalue weighted by Crippen LogP contribution is -2.05. The number of hydrogen-bond acceptors (Lipinski definition) is 3. The zero-order valence-electron chi connectivity index (χ0n) is 14.7. The van der Waals surface area contributed by atoms with Crippen molar-refractivity contribution in [3.63, 3.8) is 0 Å². The smallest absolute Gasteiger partial charge is 0.161 e. The van der Waals surface area contributed by atoms with E-state index in [9.17, 15) is 0 Å². The normalized spacial score (nSPS) is 10.7.